The van der Waals surface area contributed by atoms with Crippen LogP contribution in [0.25, 0.3) is 0 Å². The number of ether oxygens (including phenoxy) is 1. The summed E-state index contributed by atoms with van der Waals surface area (Å²) in [6, 6.07) is 7.47. The molecule has 1 aromatic rings. The van der Waals surface area contributed by atoms with Crippen LogP contribution in [0.15, 0.2) is 18.2 Å². The molecular weight excluding hydrogens is 342 g/mol. The van der Waals surface area contributed by atoms with Crippen molar-refractivity contribution < 1.29 is 14.3 Å². The van der Waals surface area contributed by atoms with E-state index in [-0.39, 0.29) is 18.4 Å². The lowest BCUT2D eigenvalue weighted by atomic mass is 9.92. The van der Waals surface area contributed by atoms with Crippen LogP contribution in [0.5, 0.6) is 5.75 Å². The van der Waals surface area contributed by atoms with Gasteiger partial charge in [0.2, 0.25) is 6.41 Å². The van der Waals surface area contributed by atoms with Crippen molar-refractivity contribution in [3.05, 3.63) is 29.3 Å². The summed E-state index contributed by atoms with van der Waals surface area (Å²) >= 11 is 0. The number of likely N-dealkylation sites (tertiary alicyclic amines) is 2. The van der Waals surface area contributed by atoms with Gasteiger partial charge in [-0.3, -0.25) is 9.59 Å². The summed E-state index contributed by atoms with van der Waals surface area (Å²) in [5, 5.41) is 9.08. The Kier molecular flexibility index (Phi) is 6.00. The van der Waals surface area contributed by atoms with E-state index in [1.54, 1.807) is 12.1 Å². The molecule has 27 heavy (non-hydrogen) atoms. The van der Waals surface area contributed by atoms with Crippen LogP contribution >= 0.6 is 0 Å². The highest BCUT2D eigenvalue weighted by Crippen LogP contribution is 2.31. The molecule has 0 N–H and O–H groups in total. The molecule has 2 heterocycles. The van der Waals surface area contributed by atoms with Crippen molar-refractivity contribution in [1.82, 2.24) is 9.80 Å². The van der Waals surface area contributed by atoms with Gasteiger partial charge in [0.1, 0.15) is 5.75 Å². The van der Waals surface area contributed by atoms with Crippen molar-refractivity contribution in [3.63, 3.8) is 0 Å². The molecule has 0 spiro atoms. The molecule has 0 radical (unpaired) electrons. The van der Waals surface area contributed by atoms with Gasteiger partial charge in [0.25, 0.3) is 5.91 Å². The maximum absolute atomic E-state index is 12.7. The van der Waals surface area contributed by atoms with E-state index in [0.717, 1.165) is 51.0 Å². The van der Waals surface area contributed by atoms with Crippen LogP contribution in [-0.2, 0) is 9.59 Å². The number of hydrogen-bond donors (Lipinski definition) is 0. The normalized spacial score (nSPS) is 22.1. The number of fused-ring (bicyclic) bond motifs is 1. The molecule has 3 rings (SSSR count). The molecule has 6 heteroatoms. The zero-order valence-electron chi connectivity index (χ0n) is 16.1. The summed E-state index contributed by atoms with van der Waals surface area (Å²) in [5.74, 6) is 1.88. The Morgan fingerprint density at radius 3 is 2.52 bits per heavy atom. The van der Waals surface area contributed by atoms with E-state index < -0.39 is 0 Å². The van der Waals surface area contributed by atoms with E-state index >= 15 is 0 Å². The molecule has 1 aromatic carbocycles. The average molecular weight is 369 g/mol. The molecule has 2 aliphatic rings. The third-order valence-corrected chi connectivity index (χ3v) is 5.76. The van der Waals surface area contributed by atoms with Crippen molar-refractivity contribution in [2.75, 3.05) is 32.8 Å². The lowest BCUT2D eigenvalue weighted by Crippen LogP contribution is -2.36. The Hall–Kier alpha value is -2.55. The second-order valence-electron chi connectivity index (χ2n) is 7.85. The molecule has 2 saturated heterocycles. The second-order valence-corrected chi connectivity index (χ2v) is 7.85. The lowest BCUT2D eigenvalue weighted by Gasteiger charge is -2.22. The van der Waals surface area contributed by atoms with E-state index in [1.165, 1.54) is 0 Å². The van der Waals surface area contributed by atoms with Crippen LogP contribution < -0.4 is 4.74 Å². The predicted molar refractivity (Wildman–Crippen MR) is 101 cm³/mol. The minimum absolute atomic E-state index is 0.00119. The van der Waals surface area contributed by atoms with Crippen molar-refractivity contribution in [2.45, 2.75) is 32.6 Å². The van der Waals surface area contributed by atoms with Gasteiger partial charge in [-0.2, -0.15) is 5.26 Å². The first-order chi connectivity index (χ1) is 13.0. The molecule has 0 aliphatic carbocycles. The van der Waals surface area contributed by atoms with Gasteiger partial charge in [-0.25, -0.2) is 0 Å². The first-order valence-corrected chi connectivity index (χ1v) is 9.65. The Morgan fingerprint density at radius 1 is 1.30 bits per heavy atom. The Labute approximate surface area is 160 Å². The van der Waals surface area contributed by atoms with E-state index in [1.807, 2.05) is 29.7 Å². The maximum Gasteiger partial charge on any atom is 0.260 e. The fourth-order valence-corrected chi connectivity index (χ4v) is 4.15. The number of carbonyl (C=O) groups excluding carboxylic acids is 2. The van der Waals surface area contributed by atoms with E-state index in [9.17, 15) is 9.59 Å². The van der Waals surface area contributed by atoms with Gasteiger partial charge in [0.05, 0.1) is 11.6 Å². The summed E-state index contributed by atoms with van der Waals surface area (Å²) in [5.41, 5.74) is 1.54. The zero-order chi connectivity index (χ0) is 19.4. The molecule has 2 atom stereocenters. The SMILES string of the molecule is CC(C)c1cc(C#N)ccc1OCC(=O)N1CCC2CN(C=O)CC2CC1. The van der Waals surface area contributed by atoms with Crippen LogP contribution in [0.4, 0.5) is 0 Å². The number of nitrogens with zero attached hydrogens (tertiary/aromatic N) is 3. The summed E-state index contributed by atoms with van der Waals surface area (Å²) in [7, 11) is 0. The smallest absolute Gasteiger partial charge is 0.260 e. The molecule has 2 fully saturated rings. The topological polar surface area (TPSA) is 73.6 Å². The standard InChI is InChI=1S/C21H27N3O3/c1-15(2)19-9-16(10-22)3-4-20(19)27-13-21(26)24-7-5-17-11-23(14-25)12-18(17)6-8-24/h3-4,9,14-15,17-18H,5-8,11-13H2,1-2H3. The Balaban J connectivity index is 1.57. The van der Waals surface area contributed by atoms with Gasteiger partial charge in [0.15, 0.2) is 6.61 Å². The van der Waals surface area contributed by atoms with E-state index in [4.69, 9.17) is 10.00 Å². The van der Waals surface area contributed by atoms with E-state index in [0.29, 0.717) is 23.1 Å². The number of carbonyl (C=O) groups is 2. The van der Waals surface area contributed by atoms with Gasteiger partial charge >= 0.3 is 0 Å². The third-order valence-electron chi connectivity index (χ3n) is 5.76. The molecule has 2 amide bonds. The minimum Gasteiger partial charge on any atom is -0.483 e. The number of nitriles is 1. The number of amides is 2. The Bertz CT molecular complexity index is 725. The van der Waals surface area contributed by atoms with Crippen molar-refractivity contribution >= 4 is 12.3 Å². The van der Waals surface area contributed by atoms with Crippen molar-refractivity contribution in [1.29, 1.82) is 5.26 Å². The summed E-state index contributed by atoms with van der Waals surface area (Å²) in [6.45, 7) is 7.18. The van der Waals surface area contributed by atoms with Gasteiger partial charge in [-0.05, 0) is 54.4 Å². The highest BCUT2D eigenvalue weighted by molar-refractivity contribution is 5.77. The zero-order valence-corrected chi connectivity index (χ0v) is 16.1. The van der Waals surface area contributed by atoms with Crippen LogP contribution in [-0.4, -0.2) is 54.9 Å². The molecular formula is C21H27N3O3. The fourth-order valence-electron chi connectivity index (χ4n) is 4.15. The molecule has 0 saturated carbocycles. The van der Waals surface area contributed by atoms with Crippen molar-refractivity contribution in [3.8, 4) is 11.8 Å². The maximum atomic E-state index is 12.7. The average Bonchev–Trinajstić information content (AvgIpc) is 2.97. The minimum atomic E-state index is 0.00119. The quantitative estimate of drug-likeness (QED) is 0.747. The molecule has 2 unspecified atom stereocenters. The summed E-state index contributed by atoms with van der Waals surface area (Å²) < 4.78 is 5.83. The van der Waals surface area contributed by atoms with Gasteiger partial charge in [-0.1, -0.05) is 13.8 Å². The summed E-state index contributed by atoms with van der Waals surface area (Å²) in [6.07, 6.45) is 2.82. The second kappa shape index (κ2) is 8.43. The molecule has 6 nitrogen and oxygen atoms in total. The Morgan fingerprint density at radius 2 is 1.96 bits per heavy atom. The fraction of sp³-hybridized carbons (Fsp3) is 0.571. The van der Waals surface area contributed by atoms with Crippen molar-refractivity contribution in [2.24, 2.45) is 11.8 Å². The molecule has 2 aliphatic heterocycles. The summed E-state index contributed by atoms with van der Waals surface area (Å²) in [4.78, 5) is 27.4. The number of rotatable bonds is 5. The van der Waals surface area contributed by atoms with E-state index in [2.05, 4.69) is 6.07 Å². The lowest BCUT2D eigenvalue weighted by molar-refractivity contribution is -0.133. The molecule has 0 aromatic heterocycles. The van der Waals surface area contributed by atoms with Crippen LogP contribution in [0.2, 0.25) is 0 Å². The predicted octanol–water partition coefficient (Wildman–Crippen LogP) is 2.39. The molecule has 144 valence electrons. The van der Waals surface area contributed by atoms with Gasteiger partial charge < -0.3 is 14.5 Å². The first kappa shape index (κ1) is 19.2. The van der Waals surface area contributed by atoms with Crippen LogP contribution in [0.1, 0.15) is 43.7 Å². The first-order valence-electron chi connectivity index (χ1n) is 9.65. The molecule has 0 bridgehead atoms. The highest BCUT2D eigenvalue weighted by Gasteiger charge is 2.35. The monoisotopic (exact) mass is 369 g/mol. The van der Waals surface area contributed by atoms with Crippen LogP contribution in [0.3, 0.4) is 0 Å². The third kappa shape index (κ3) is 4.41. The van der Waals surface area contributed by atoms with Gasteiger partial charge in [-0.15, -0.1) is 0 Å². The van der Waals surface area contributed by atoms with Crippen LogP contribution in [0, 0.1) is 23.2 Å². The van der Waals surface area contributed by atoms with Gasteiger partial charge in [0, 0.05) is 26.2 Å². The number of hydrogen-bond acceptors (Lipinski definition) is 4. The highest BCUT2D eigenvalue weighted by atomic mass is 16.5. The largest absolute Gasteiger partial charge is 0.483 e. The number of benzene rings is 1.